The molecule has 25 heavy (non-hydrogen) atoms. The maximum Gasteiger partial charge on any atom is 0.443 e. The summed E-state index contributed by atoms with van der Waals surface area (Å²) < 4.78 is 46.2. The normalized spacial score (nSPS) is 20.0. The lowest BCUT2D eigenvalue weighted by molar-refractivity contribution is -0.377. The lowest BCUT2D eigenvalue weighted by atomic mass is 10.0. The number of hydroxylamine groups is 2. The Bertz CT molecular complexity index is 806. The van der Waals surface area contributed by atoms with Crippen LogP contribution in [-0.2, 0) is 10.5 Å². The van der Waals surface area contributed by atoms with E-state index in [4.69, 9.17) is 4.74 Å². The van der Waals surface area contributed by atoms with Crippen molar-refractivity contribution in [2.24, 2.45) is 0 Å². The van der Waals surface area contributed by atoms with Gasteiger partial charge in [-0.15, -0.1) is 11.3 Å². The number of thiophene rings is 1. The van der Waals surface area contributed by atoms with Crippen molar-refractivity contribution in [3.63, 3.8) is 0 Å². The average Bonchev–Trinajstić information content (AvgIpc) is 3.17. The molecule has 1 aromatic carbocycles. The van der Waals surface area contributed by atoms with Gasteiger partial charge in [-0.3, -0.25) is 14.8 Å². The molecule has 3 rings (SSSR count). The zero-order valence-corrected chi connectivity index (χ0v) is 13.4. The van der Waals surface area contributed by atoms with E-state index in [9.17, 15) is 28.0 Å². The molecule has 0 fully saturated rings. The molecule has 0 bridgehead atoms. The minimum Gasteiger partial charge on any atom is -0.342 e. The molecule has 1 aliphatic rings. The number of hydrogen-bond donors (Lipinski definition) is 1. The smallest absolute Gasteiger partial charge is 0.342 e. The molecular weight excluding hydrogens is 359 g/mol. The van der Waals surface area contributed by atoms with E-state index in [-0.39, 0.29) is 17.8 Å². The number of ether oxygens (including phenoxy) is 1. The molecule has 0 spiro atoms. The van der Waals surface area contributed by atoms with Gasteiger partial charge in [0.2, 0.25) is 0 Å². The fourth-order valence-corrected chi connectivity index (χ4v) is 3.38. The fourth-order valence-electron chi connectivity index (χ4n) is 2.68. The highest BCUT2D eigenvalue weighted by Gasteiger charge is 2.68. The van der Waals surface area contributed by atoms with E-state index in [0.29, 0.717) is 4.88 Å². The number of carbonyl (C=O) groups excluding carboxylic acids is 2. The van der Waals surface area contributed by atoms with Crippen molar-refractivity contribution >= 4 is 23.0 Å². The van der Waals surface area contributed by atoms with Gasteiger partial charge in [-0.05, 0) is 17.5 Å². The van der Waals surface area contributed by atoms with E-state index in [1.807, 2.05) is 0 Å². The molecule has 0 saturated carbocycles. The first-order valence-corrected chi connectivity index (χ1v) is 8.07. The molecule has 1 aliphatic heterocycles. The van der Waals surface area contributed by atoms with Crippen LogP contribution in [0.1, 0.15) is 32.0 Å². The Morgan fingerprint density at radius 1 is 1.24 bits per heavy atom. The van der Waals surface area contributed by atoms with Gasteiger partial charge in [0.15, 0.2) is 5.78 Å². The van der Waals surface area contributed by atoms with E-state index in [1.165, 1.54) is 29.5 Å². The molecule has 0 saturated heterocycles. The summed E-state index contributed by atoms with van der Waals surface area (Å²) in [5.74, 6) is -1.59. The molecule has 0 radical (unpaired) electrons. The van der Waals surface area contributed by atoms with Crippen LogP contribution in [0.3, 0.4) is 0 Å². The van der Waals surface area contributed by atoms with Crippen LogP contribution in [-0.4, -0.2) is 34.7 Å². The van der Waals surface area contributed by atoms with Gasteiger partial charge in [0.1, 0.15) is 0 Å². The highest BCUT2D eigenvalue weighted by Crippen LogP contribution is 2.49. The van der Waals surface area contributed by atoms with Crippen LogP contribution in [0.4, 0.5) is 13.2 Å². The summed E-state index contributed by atoms with van der Waals surface area (Å²) in [6.45, 7) is -0.616. The zero-order valence-electron chi connectivity index (χ0n) is 12.6. The summed E-state index contributed by atoms with van der Waals surface area (Å²) in [6, 6.07) is 8.15. The highest BCUT2D eigenvalue weighted by atomic mass is 32.1. The largest absolute Gasteiger partial charge is 0.443 e. The molecule has 1 atom stereocenters. The van der Waals surface area contributed by atoms with Crippen LogP contribution in [0.25, 0.3) is 0 Å². The predicted molar refractivity (Wildman–Crippen MR) is 81.3 cm³/mol. The Labute approximate surface area is 144 Å². The SMILES string of the molecule is O=C(CCOC1(C(F)(F)F)c2ccccc2C(=O)N1O)c1cccs1. The first-order chi connectivity index (χ1) is 11.8. The van der Waals surface area contributed by atoms with E-state index >= 15 is 0 Å². The van der Waals surface area contributed by atoms with Crippen molar-refractivity contribution in [1.82, 2.24) is 5.06 Å². The summed E-state index contributed by atoms with van der Waals surface area (Å²) in [5, 5.41) is 11.1. The second-order valence-corrected chi connectivity index (χ2v) is 6.25. The molecule has 9 heteroatoms. The predicted octanol–water partition coefficient (Wildman–Crippen LogP) is 3.60. The number of carbonyl (C=O) groups is 2. The van der Waals surface area contributed by atoms with Gasteiger partial charge in [-0.1, -0.05) is 24.3 Å². The second-order valence-electron chi connectivity index (χ2n) is 5.30. The monoisotopic (exact) mass is 371 g/mol. The van der Waals surface area contributed by atoms with Crippen LogP contribution in [0, 0.1) is 0 Å². The van der Waals surface area contributed by atoms with Gasteiger partial charge in [0.05, 0.1) is 17.0 Å². The van der Waals surface area contributed by atoms with Crippen molar-refractivity contribution in [3.8, 4) is 0 Å². The minimum atomic E-state index is -5.10. The number of rotatable bonds is 5. The van der Waals surface area contributed by atoms with Crippen molar-refractivity contribution in [1.29, 1.82) is 0 Å². The Morgan fingerprint density at radius 2 is 1.96 bits per heavy atom. The average molecular weight is 371 g/mol. The number of hydrogen-bond acceptors (Lipinski definition) is 5. The summed E-state index contributed by atoms with van der Waals surface area (Å²) in [5.41, 5.74) is -4.12. The molecule has 1 unspecified atom stereocenters. The number of halogens is 3. The molecule has 1 amide bonds. The lowest BCUT2D eigenvalue weighted by Gasteiger charge is -2.36. The van der Waals surface area contributed by atoms with Crippen LogP contribution < -0.4 is 0 Å². The van der Waals surface area contributed by atoms with Crippen molar-refractivity contribution < 1.29 is 32.7 Å². The molecule has 2 heterocycles. The summed E-state index contributed by atoms with van der Waals surface area (Å²) in [4.78, 5) is 24.3. The highest BCUT2D eigenvalue weighted by molar-refractivity contribution is 7.12. The van der Waals surface area contributed by atoms with Gasteiger partial charge in [0, 0.05) is 12.0 Å². The molecule has 0 aliphatic carbocycles. The maximum absolute atomic E-state index is 13.8. The first kappa shape index (κ1) is 17.6. The van der Waals surface area contributed by atoms with E-state index < -0.39 is 35.0 Å². The molecule has 2 aromatic rings. The second kappa shape index (κ2) is 6.25. The third-order valence-electron chi connectivity index (χ3n) is 3.83. The number of alkyl halides is 3. The van der Waals surface area contributed by atoms with E-state index in [0.717, 1.165) is 6.07 Å². The number of fused-ring (bicyclic) bond motifs is 1. The quantitative estimate of drug-likeness (QED) is 0.644. The third kappa shape index (κ3) is 2.74. The van der Waals surface area contributed by atoms with Gasteiger partial charge < -0.3 is 4.74 Å². The molecule has 132 valence electrons. The number of Topliss-reactive ketones (excluding diaryl/α,β-unsaturated/α-hetero) is 1. The van der Waals surface area contributed by atoms with Crippen LogP contribution in [0.2, 0.25) is 0 Å². The molecular formula is C16H12F3NO4S. The first-order valence-electron chi connectivity index (χ1n) is 7.19. The summed E-state index contributed by atoms with van der Waals surface area (Å²) in [6.07, 6.45) is -5.42. The fraction of sp³-hybridized carbons (Fsp3) is 0.250. The van der Waals surface area contributed by atoms with Crippen molar-refractivity contribution in [2.75, 3.05) is 6.61 Å². The zero-order chi connectivity index (χ0) is 18.2. The molecule has 5 nitrogen and oxygen atoms in total. The Kier molecular flexibility index (Phi) is 4.40. The topological polar surface area (TPSA) is 66.8 Å². The van der Waals surface area contributed by atoms with Crippen molar-refractivity contribution in [3.05, 3.63) is 57.8 Å². The Morgan fingerprint density at radius 3 is 2.60 bits per heavy atom. The number of nitrogens with zero attached hydrogens (tertiary/aromatic N) is 1. The minimum absolute atomic E-state index is 0.299. The number of amides is 1. The third-order valence-corrected chi connectivity index (χ3v) is 4.74. The van der Waals surface area contributed by atoms with E-state index in [1.54, 1.807) is 17.5 Å². The van der Waals surface area contributed by atoms with Crippen LogP contribution >= 0.6 is 11.3 Å². The van der Waals surface area contributed by atoms with Gasteiger partial charge in [0.25, 0.3) is 11.6 Å². The maximum atomic E-state index is 13.8. The van der Waals surface area contributed by atoms with Crippen LogP contribution in [0.5, 0.6) is 0 Å². The molecule has 1 aromatic heterocycles. The van der Waals surface area contributed by atoms with Gasteiger partial charge in [-0.2, -0.15) is 18.2 Å². The number of ketones is 1. The Hall–Kier alpha value is -2.23. The standard InChI is InChI=1S/C16H12F3NO4S/c17-16(18,19)15(24-8-7-12(21)13-6-3-9-25-13)11-5-2-1-4-10(11)14(22)20(15)23/h1-6,9,23H,7-8H2. The van der Waals surface area contributed by atoms with E-state index in [2.05, 4.69) is 0 Å². The Balaban J connectivity index is 1.88. The molecule has 1 N–H and O–H groups in total. The van der Waals surface area contributed by atoms with Crippen LogP contribution in [0.15, 0.2) is 41.8 Å². The van der Waals surface area contributed by atoms with Crippen molar-refractivity contribution in [2.45, 2.75) is 18.3 Å². The van der Waals surface area contributed by atoms with Gasteiger partial charge >= 0.3 is 6.18 Å². The lowest BCUT2D eigenvalue weighted by Crippen LogP contribution is -2.54. The number of benzene rings is 1. The summed E-state index contributed by atoms with van der Waals surface area (Å²) in [7, 11) is 0. The summed E-state index contributed by atoms with van der Waals surface area (Å²) >= 11 is 1.17. The van der Waals surface area contributed by atoms with Gasteiger partial charge in [-0.25, -0.2) is 0 Å².